The van der Waals surface area contributed by atoms with Gasteiger partial charge in [0, 0.05) is 46.3 Å². The minimum atomic E-state index is -3.42. The molecule has 138 valence electrons. The third-order valence-electron chi connectivity index (χ3n) is 5.20. The van der Waals surface area contributed by atoms with E-state index < -0.39 is 16.2 Å². The molecule has 2 bridgehead atoms. The number of fused-ring (bicyclic) bond motifs is 4. The molecule has 0 amide bonds. The Morgan fingerprint density at radius 1 is 1.20 bits per heavy atom. The summed E-state index contributed by atoms with van der Waals surface area (Å²) >= 11 is 0. The van der Waals surface area contributed by atoms with Gasteiger partial charge in [-0.15, -0.1) is 0 Å². The van der Waals surface area contributed by atoms with Gasteiger partial charge in [0.15, 0.2) is 0 Å². The molecule has 3 saturated heterocycles. The van der Waals surface area contributed by atoms with Crippen LogP contribution in [0.3, 0.4) is 0 Å². The maximum atomic E-state index is 12.5. The van der Waals surface area contributed by atoms with Gasteiger partial charge >= 0.3 is 5.97 Å². The van der Waals surface area contributed by atoms with Crippen LogP contribution in [0.4, 0.5) is 0 Å². The van der Waals surface area contributed by atoms with Gasteiger partial charge in [0.2, 0.25) is 0 Å². The lowest BCUT2D eigenvalue weighted by Crippen LogP contribution is -2.46. The van der Waals surface area contributed by atoms with Crippen LogP contribution in [-0.4, -0.2) is 72.8 Å². The molecule has 7 nitrogen and oxygen atoms in total. The summed E-state index contributed by atoms with van der Waals surface area (Å²) in [5.41, 5.74) is 1.10. The van der Waals surface area contributed by atoms with Crippen LogP contribution in [0, 0.1) is 5.92 Å². The molecule has 8 heteroatoms. The van der Waals surface area contributed by atoms with E-state index >= 15 is 0 Å². The van der Waals surface area contributed by atoms with E-state index in [1.54, 1.807) is 30.5 Å². The van der Waals surface area contributed by atoms with Gasteiger partial charge in [-0.3, -0.25) is 4.90 Å². The Balaban J connectivity index is 1.81. The minimum Gasteiger partial charge on any atom is -0.478 e. The summed E-state index contributed by atoms with van der Waals surface area (Å²) in [6.45, 7) is 2.35. The number of piperidine rings is 1. The molecule has 0 radical (unpaired) electrons. The number of carboxylic acids is 1. The summed E-state index contributed by atoms with van der Waals surface area (Å²) in [6.07, 6.45) is 1.96. The normalized spacial score (nSPS) is 25.2. The van der Waals surface area contributed by atoms with Crippen LogP contribution in [0.25, 0.3) is 0 Å². The Hall–Kier alpha value is -1.48. The van der Waals surface area contributed by atoms with E-state index in [2.05, 4.69) is 4.90 Å². The van der Waals surface area contributed by atoms with Crippen LogP contribution in [-0.2, 0) is 16.8 Å². The molecule has 1 aromatic rings. The van der Waals surface area contributed by atoms with E-state index in [0.717, 1.165) is 24.9 Å². The molecular formula is C17H25N3O4S. The summed E-state index contributed by atoms with van der Waals surface area (Å²) in [5, 5.41) is 9.38. The molecule has 0 unspecified atom stereocenters. The van der Waals surface area contributed by atoms with E-state index in [-0.39, 0.29) is 12.0 Å². The second-order valence-corrected chi connectivity index (χ2v) is 9.24. The maximum Gasteiger partial charge on any atom is 0.336 e. The van der Waals surface area contributed by atoms with Gasteiger partial charge in [-0.25, -0.2) is 4.79 Å². The van der Waals surface area contributed by atoms with E-state index in [4.69, 9.17) is 0 Å². The van der Waals surface area contributed by atoms with E-state index in [1.807, 2.05) is 12.1 Å². The van der Waals surface area contributed by atoms with Crippen LogP contribution in [0.15, 0.2) is 24.3 Å². The molecule has 25 heavy (non-hydrogen) atoms. The van der Waals surface area contributed by atoms with Crippen molar-refractivity contribution in [3.05, 3.63) is 35.4 Å². The van der Waals surface area contributed by atoms with Gasteiger partial charge in [0.1, 0.15) is 0 Å². The standard InChI is InChI=1S/C17H25N3O4S/c1-18(2)25(23,24)20-10-13-7-8-15(12-20)19(9-13)11-14-5-3-4-6-16(14)17(21)22/h3-6,13,15H,7-12H2,1-2H3,(H,21,22)/t13-,15-/m1/s1. The topological polar surface area (TPSA) is 81.2 Å². The Morgan fingerprint density at radius 3 is 2.60 bits per heavy atom. The first-order chi connectivity index (χ1) is 11.8. The highest BCUT2D eigenvalue weighted by atomic mass is 32.2. The molecule has 3 fully saturated rings. The summed E-state index contributed by atoms with van der Waals surface area (Å²) in [6, 6.07) is 7.16. The molecule has 3 heterocycles. The molecule has 0 saturated carbocycles. The number of hydrogen-bond acceptors (Lipinski definition) is 4. The third-order valence-corrected chi connectivity index (χ3v) is 7.08. The SMILES string of the molecule is CN(C)S(=O)(=O)N1C[C@@H]2CC[C@H](C1)N(Cc1ccccc1C(=O)O)C2. The summed E-state index contributed by atoms with van der Waals surface area (Å²) in [5.74, 6) is -0.641. The molecule has 0 spiro atoms. The molecule has 3 aliphatic rings. The molecule has 0 aromatic heterocycles. The molecule has 2 atom stereocenters. The maximum absolute atomic E-state index is 12.5. The molecular weight excluding hydrogens is 342 g/mol. The largest absolute Gasteiger partial charge is 0.478 e. The number of carboxylic acid groups (broad SMARTS) is 1. The van der Waals surface area contributed by atoms with Crippen molar-refractivity contribution in [3.8, 4) is 0 Å². The summed E-state index contributed by atoms with van der Waals surface area (Å²) in [4.78, 5) is 13.7. The monoisotopic (exact) mass is 367 g/mol. The van der Waals surface area contributed by atoms with Gasteiger partial charge in [-0.05, 0) is 30.4 Å². The van der Waals surface area contributed by atoms with Crippen molar-refractivity contribution in [1.29, 1.82) is 0 Å². The predicted octanol–water partition coefficient (Wildman–Crippen LogP) is 1.09. The van der Waals surface area contributed by atoms with Crippen molar-refractivity contribution in [3.63, 3.8) is 0 Å². The van der Waals surface area contributed by atoms with Crippen LogP contribution in [0.1, 0.15) is 28.8 Å². The second kappa shape index (κ2) is 7.03. The third kappa shape index (κ3) is 3.72. The van der Waals surface area contributed by atoms with Crippen LogP contribution in [0.2, 0.25) is 0 Å². The fourth-order valence-electron chi connectivity index (χ4n) is 3.83. The van der Waals surface area contributed by atoms with Crippen molar-refractivity contribution in [2.45, 2.75) is 25.4 Å². The lowest BCUT2D eigenvalue weighted by Gasteiger charge is -2.36. The zero-order chi connectivity index (χ0) is 18.2. The molecule has 1 N–H and O–H groups in total. The van der Waals surface area contributed by atoms with Crippen LogP contribution in [0.5, 0.6) is 0 Å². The molecule has 1 aromatic carbocycles. The Kier molecular flexibility index (Phi) is 5.15. The van der Waals surface area contributed by atoms with Crippen LogP contribution < -0.4 is 0 Å². The lowest BCUT2D eigenvalue weighted by atomic mass is 9.94. The summed E-state index contributed by atoms with van der Waals surface area (Å²) in [7, 11) is -0.304. The van der Waals surface area contributed by atoms with Gasteiger partial charge in [0.25, 0.3) is 10.2 Å². The average Bonchev–Trinajstić information content (AvgIpc) is 2.87. The second-order valence-electron chi connectivity index (χ2n) is 7.10. The lowest BCUT2D eigenvalue weighted by molar-refractivity contribution is 0.0691. The first kappa shape index (κ1) is 18.3. The minimum absolute atomic E-state index is 0.121. The first-order valence-electron chi connectivity index (χ1n) is 8.52. The Bertz CT molecular complexity index is 750. The van der Waals surface area contributed by atoms with Crippen molar-refractivity contribution in [2.75, 3.05) is 33.7 Å². The van der Waals surface area contributed by atoms with E-state index in [0.29, 0.717) is 25.2 Å². The Morgan fingerprint density at radius 2 is 1.92 bits per heavy atom. The average molecular weight is 367 g/mol. The number of benzene rings is 1. The number of nitrogens with zero attached hydrogens (tertiary/aromatic N) is 3. The number of aromatic carboxylic acids is 1. The van der Waals surface area contributed by atoms with Gasteiger partial charge in [0.05, 0.1) is 5.56 Å². The molecule has 0 aliphatic carbocycles. The smallest absolute Gasteiger partial charge is 0.336 e. The number of carbonyl (C=O) groups is 1. The van der Waals surface area contributed by atoms with Crippen molar-refractivity contribution in [2.24, 2.45) is 5.92 Å². The van der Waals surface area contributed by atoms with Crippen molar-refractivity contribution < 1.29 is 18.3 Å². The van der Waals surface area contributed by atoms with Gasteiger partial charge in [-0.2, -0.15) is 17.0 Å². The fourth-order valence-corrected chi connectivity index (χ4v) is 5.06. The van der Waals surface area contributed by atoms with Crippen molar-refractivity contribution >= 4 is 16.2 Å². The van der Waals surface area contributed by atoms with E-state index in [1.165, 1.54) is 4.31 Å². The quantitative estimate of drug-likeness (QED) is 0.842. The highest BCUT2D eigenvalue weighted by molar-refractivity contribution is 7.86. The van der Waals surface area contributed by atoms with Gasteiger partial charge in [-0.1, -0.05) is 18.2 Å². The zero-order valence-corrected chi connectivity index (χ0v) is 15.4. The summed E-state index contributed by atoms with van der Waals surface area (Å²) < 4.78 is 27.9. The number of hydrogen-bond donors (Lipinski definition) is 1. The highest BCUT2D eigenvalue weighted by Crippen LogP contribution is 2.31. The van der Waals surface area contributed by atoms with E-state index in [9.17, 15) is 18.3 Å². The molecule has 4 rings (SSSR count). The van der Waals surface area contributed by atoms with Crippen molar-refractivity contribution in [1.82, 2.24) is 13.5 Å². The highest BCUT2D eigenvalue weighted by Gasteiger charge is 2.39. The molecule has 3 aliphatic heterocycles. The number of rotatable bonds is 5. The first-order valence-corrected chi connectivity index (χ1v) is 9.91. The zero-order valence-electron chi connectivity index (χ0n) is 14.6. The van der Waals surface area contributed by atoms with Crippen LogP contribution >= 0.6 is 0 Å². The Labute approximate surface area is 149 Å². The predicted molar refractivity (Wildman–Crippen MR) is 94.5 cm³/mol. The van der Waals surface area contributed by atoms with Gasteiger partial charge < -0.3 is 5.11 Å². The fraction of sp³-hybridized carbons (Fsp3) is 0.588.